The number of hydrogen-bond donors (Lipinski definition) is 3. The molecule has 4 N–H and O–H groups in total. The van der Waals surface area contributed by atoms with Gasteiger partial charge < -0.3 is 26.0 Å². The van der Waals surface area contributed by atoms with Crippen molar-refractivity contribution in [3.8, 4) is 11.3 Å². The minimum Gasteiger partial charge on any atom is -0.370 e. The van der Waals surface area contributed by atoms with Gasteiger partial charge >= 0.3 is 0 Å². The lowest BCUT2D eigenvalue weighted by molar-refractivity contribution is -0.125. The van der Waals surface area contributed by atoms with E-state index in [9.17, 15) is 14.4 Å². The van der Waals surface area contributed by atoms with E-state index in [2.05, 4.69) is 20.6 Å². The predicted octanol–water partition coefficient (Wildman–Crippen LogP) is 1.47. The standard InChI is InChI=1S/C23H22N6O4/c24-20(30)13-26-22(32)16-3-1-15(2-4-16)19-9-10-25-23(28-19)27-17-5-7-18(8-6-17)29-11-12-33-14-21(29)31/h1-10H,11-14H2,(H2,24,30)(H,26,32)(H,25,27,28). The van der Waals surface area contributed by atoms with E-state index in [0.717, 1.165) is 16.9 Å². The van der Waals surface area contributed by atoms with Crippen molar-refractivity contribution < 1.29 is 19.1 Å². The number of carbonyl (C=O) groups excluding carboxylic acids is 3. The van der Waals surface area contributed by atoms with Crippen molar-refractivity contribution >= 4 is 35.0 Å². The van der Waals surface area contributed by atoms with Crippen LogP contribution in [-0.2, 0) is 14.3 Å². The van der Waals surface area contributed by atoms with Crippen LogP contribution in [-0.4, -0.2) is 54.0 Å². The second-order valence-electron chi connectivity index (χ2n) is 7.26. The zero-order valence-corrected chi connectivity index (χ0v) is 17.7. The Morgan fingerprint density at radius 2 is 1.82 bits per heavy atom. The van der Waals surface area contributed by atoms with Gasteiger partial charge in [0, 0.05) is 35.2 Å². The second kappa shape index (κ2) is 9.88. The first-order chi connectivity index (χ1) is 16.0. The number of rotatable bonds is 7. The largest absolute Gasteiger partial charge is 0.370 e. The lowest BCUT2D eigenvalue weighted by atomic mass is 10.1. The van der Waals surface area contributed by atoms with Crippen LogP contribution in [0, 0.1) is 0 Å². The van der Waals surface area contributed by atoms with Crippen LogP contribution in [0.4, 0.5) is 17.3 Å². The Kier molecular flexibility index (Phi) is 6.56. The number of nitrogens with two attached hydrogens (primary N) is 1. The van der Waals surface area contributed by atoms with Gasteiger partial charge in [0.25, 0.3) is 11.8 Å². The maximum atomic E-state index is 12.0. The third kappa shape index (κ3) is 5.49. The third-order valence-electron chi connectivity index (χ3n) is 4.94. The Labute approximate surface area is 189 Å². The van der Waals surface area contributed by atoms with Crippen molar-refractivity contribution in [1.82, 2.24) is 15.3 Å². The van der Waals surface area contributed by atoms with E-state index in [4.69, 9.17) is 10.5 Å². The Morgan fingerprint density at radius 3 is 2.52 bits per heavy atom. The Bertz CT molecular complexity index is 1160. The van der Waals surface area contributed by atoms with Crippen LogP contribution < -0.4 is 21.3 Å². The van der Waals surface area contributed by atoms with Crippen LogP contribution in [0.2, 0.25) is 0 Å². The van der Waals surface area contributed by atoms with Crippen molar-refractivity contribution in [2.75, 3.05) is 36.5 Å². The van der Waals surface area contributed by atoms with Gasteiger partial charge in [-0.05, 0) is 42.5 Å². The van der Waals surface area contributed by atoms with Gasteiger partial charge in [0.15, 0.2) is 0 Å². The summed E-state index contributed by atoms with van der Waals surface area (Å²) in [5, 5.41) is 5.60. The predicted molar refractivity (Wildman–Crippen MR) is 122 cm³/mol. The molecule has 10 heteroatoms. The number of aromatic nitrogens is 2. The fourth-order valence-electron chi connectivity index (χ4n) is 3.29. The lowest BCUT2D eigenvalue weighted by Crippen LogP contribution is -2.41. The summed E-state index contributed by atoms with van der Waals surface area (Å²) in [5.41, 5.74) is 8.51. The normalized spacial score (nSPS) is 13.5. The molecule has 3 amide bonds. The Balaban J connectivity index is 1.43. The number of amides is 3. The molecular formula is C23H22N6O4. The lowest BCUT2D eigenvalue weighted by Gasteiger charge is -2.26. The smallest absolute Gasteiger partial charge is 0.253 e. The zero-order chi connectivity index (χ0) is 23.2. The molecule has 4 rings (SSSR count). The number of morpholine rings is 1. The maximum absolute atomic E-state index is 12.0. The van der Waals surface area contributed by atoms with E-state index < -0.39 is 5.91 Å². The molecule has 1 aliphatic rings. The Hall–Kier alpha value is -4.31. The first-order valence-electron chi connectivity index (χ1n) is 10.2. The molecule has 2 aromatic carbocycles. The molecule has 10 nitrogen and oxygen atoms in total. The van der Waals surface area contributed by atoms with Crippen LogP contribution in [0.1, 0.15) is 10.4 Å². The maximum Gasteiger partial charge on any atom is 0.253 e. The van der Waals surface area contributed by atoms with Gasteiger partial charge in [0.1, 0.15) is 6.61 Å². The average Bonchev–Trinajstić information content (AvgIpc) is 2.84. The first-order valence-corrected chi connectivity index (χ1v) is 10.2. The molecule has 0 radical (unpaired) electrons. The molecule has 0 bridgehead atoms. The summed E-state index contributed by atoms with van der Waals surface area (Å²) in [6.45, 7) is 0.929. The molecule has 33 heavy (non-hydrogen) atoms. The number of nitrogens with one attached hydrogen (secondary N) is 2. The second-order valence-corrected chi connectivity index (χ2v) is 7.26. The van der Waals surface area contributed by atoms with Crippen LogP contribution in [0.3, 0.4) is 0 Å². The van der Waals surface area contributed by atoms with Crippen LogP contribution in [0.15, 0.2) is 60.8 Å². The highest BCUT2D eigenvalue weighted by atomic mass is 16.5. The van der Waals surface area contributed by atoms with Gasteiger partial charge in [-0.15, -0.1) is 0 Å². The first kappa shape index (κ1) is 21.9. The third-order valence-corrected chi connectivity index (χ3v) is 4.94. The van der Waals surface area contributed by atoms with Crippen molar-refractivity contribution in [1.29, 1.82) is 0 Å². The molecule has 0 unspecified atom stereocenters. The summed E-state index contributed by atoms with van der Waals surface area (Å²) in [6, 6.07) is 16.0. The summed E-state index contributed by atoms with van der Waals surface area (Å²) >= 11 is 0. The molecule has 1 fully saturated rings. The molecule has 1 aromatic heterocycles. The van der Waals surface area contributed by atoms with E-state index in [1.54, 1.807) is 41.4 Å². The summed E-state index contributed by atoms with van der Waals surface area (Å²) in [7, 11) is 0. The number of carbonyl (C=O) groups is 3. The van der Waals surface area contributed by atoms with Gasteiger partial charge in [-0.3, -0.25) is 14.4 Å². The molecule has 3 aromatic rings. The molecule has 0 atom stereocenters. The number of ether oxygens (including phenoxy) is 1. The fraction of sp³-hybridized carbons (Fsp3) is 0.174. The molecule has 0 aliphatic carbocycles. The zero-order valence-electron chi connectivity index (χ0n) is 17.7. The van der Waals surface area contributed by atoms with Crippen molar-refractivity contribution in [2.24, 2.45) is 5.73 Å². The quantitative estimate of drug-likeness (QED) is 0.499. The van der Waals surface area contributed by atoms with Crippen LogP contribution in [0.5, 0.6) is 0 Å². The van der Waals surface area contributed by atoms with E-state index in [0.29, 0.717) is 30.4 Å². The van der Waals surface area contributed by atoms with Crippen LogP contribution in [0.25, 0.3) is 11.3 Å². The molecule has 1 aliphatic heterocycles. The number of primary amides is 1. The van der Waals surface area contributed by atoms with Gasteiger partial charge in [-0.1, -0.05) is 12.1 Å². The number of anilines is 3. The van der Waals surface area contributed by atoms with Gasteiger partial charge in [-0.25, -0.2) is 9.97 Å². The molecule has 168 valence electrons. The molecule has 0 spiro atoms. The molecular weight excluding hydrogens is 424 g/mol. The van der Waals surface area contributed by atoms with Gasteiger partial charge in [0.2, 0.25) is 11.9 Å². The highest BCUT2D eigenvalue weighted by Crippen LogP contribution is 2.23. The van der Waals surface area contributed by atoms with E-state index >= 15 is 0 Å². The number of nitrogens with zero attached hydrogens (tertiary/aromatic N) is 3. The fourth-order valence-corrected chi connectivity index (χ4v) is 3.29. The summed E-state index contributed by atoms with van der Waals surface area (Å²) in [6.07, 6.45) is 1.64. The van der Waals surface area contributed by atoms with Gasteiger partial charge in [-0.2, -0.15) is 0 Å². The van der Waals surface area contributed by atoms with E-state index in [-0.39, 0.29) is 25.0 Å². The monoisotopic (exact) mass is 446 g/mol. The summed E-state index contributed by atoms with van der Waals surface area (Å²) in [5.74, 6) is -0.641. The molecule has 2 heterocycles. The van der Waals surface area contributed by atoms with Crippen molar-refractivity contribution in [2.45, 2.75) is 0 Å². The van der Waals surface area contributed by atoms with E-state index in [1.165, 1.54) is 0 Å². The minimum atomic E-state index is -0.606. The topological polar surface area (TPSA) is 140 Å². The molecule has 0 saturated carbocycles. The number of benzene rings is 2. The highest BCUT2D eigenvalue weighted by Gasteiger charge is 2.19. The Morgan fingerprint density at radius 1 is 1.06 bits per heavy atom. The van der Waals surface area contributed by atoms with Crippen LogP contribution >= 0.6 is 0 Å². The minimum absolute atomic E-state index is 0.0608. The van der Waals surface area contributed by atoms with Gasteiger partial charge in [0.05, 0.1) is 18.8 Å². The average molecular weight is 446 g/mol. The van der Waals surface area contributed by atoms with Crippen molar-refractivity contribution in [3.63, 3.8) is 0 Å². The summed E-state index contributed by atoms with van der Waals surface area (Å²) in [4.78, 5) is 45.3. The molecule has 1 saturated heterocycles. The van der Waals surface area contributed by atoms with E-state index in [1.807, 2.05) is 24.3 Å². The van der Waals surface area contributed by atoms with Crippen molar-refractivity contribution in [3.05, 3.63) is 66.4 Å². The number of hydrogen-bond acceptors (Lipinski definition) is 7. The summed E-state index contributed by atoms with van der Waals surface area (Å²) < 4.78 is 5.16. The highest BCUT2D eigenvalue weighted by molar-refractivity contribution is 5.96. The SMILES string of the molecule is NC(=O)CNC(=O)c1ccc(-c2ccnc(Nc3ccc(N4CCOCC4=O)cc3)n2)cc1.